The van der Waals surface area contributed by atoms with E-state index in [0.717, 1.165) is 22.2 Å². The Balaban J connectivity index is 1.94. The van der Waals surface area contributed by atoms with Crippen molar-refractivity contribution in [3.05, 3.63) is 15.4 Å². The minimum Gasteiger partial charge on any atom is -0.481 e. The summed E-state index contributed by atoms with van der Waals surface area (Å²) in [5, 5.41) is 9.55. The van der Waals surface area contributed by atoms with Gasteiger partial charge in [0.1, 0.15) is 4.21 Å². The van der Waals surface area contributed by atoms with Gasteiger partial charge in [-0.25, -0.2) is 8.42 Å². The molecular formula is C13H16BrNO4S2. The first kappa shape index (κ1) is 15.5. The van der Waals surface area contributed by atoms with Crippen molar-refractivity contribution in [2.24, 2.45) is 11.3 Å². The number of hydrogen-bond acceptors (Lipinski definition) is 4. The number of halogens is 1. The highest BCUT2D eigenvalue weighted by Crippen LogP contribution is 2.50. The van der Waals surface area contributed by atoms with Crippen molar-refractivity contribution in [2.75, 3.05) is 13.1 Å². The third-order valence-electron chi connectivity index (χ3n) is 4.69. The Kier molecular flexibility index (Phi) is 3.71. The van der Waals surface area contributed by atoms with E-state index in [9.17, 15) is 18.3 Å². The number of thiophene rings is 1. The molecule has 1 N–H and O–H groups in total. The van der Waals surface area contributed by atoms with E-state index < -0.39 is 21.4 Å². The van der Waals surface area contributed by atoms with E-state index in [1.54, 1.807) is 6.07 Å². The highest BCUT2D eigenvalue weighted by molar-refractivity contribution is 9.11. The van der Waals surface area contributed by atoms with E-state index in [1.807, 2.05) is 6.92 Å². The molecule has 5 nitrogen and oxygen atoms in total. The predicted molar refractivity (Wildman–Crippen MR) is 82.9 cm³/mol. The van der Waals surface area contributed by atoms with Crippen LogP contribution >= 0.6 is 27.3 Å². The molecule has 1 saturated carbocycles. The molecule has 2 fully saturated rings. The first-order valence-corrected chi connectivity index (χ1v) is 9.82. The van der Waals surface area contributed by atoms with Crippen molar-refractivity contribution in [3.63, 3.8) is 0 Å². The van der Waals surface area contributed by atoms with Gasteiger partial charge in [-0.3, -0.25) is 4.79 Å². The molecule has 1 aromatic rings. The summed E-state index contributed by atoms with van der Waals surface area (Å²) in [6.07, 6.45) is 2.24. The Morgan fingerprint density at radius 2 is 2.29 bits per heavy atom. The molecule has 8 heteroatoms. The van der Waals surface area contributed by atoms with Gasteiger partial charge in [0.2, 0.25) is 0 Å². The maximum Gasteiger partial charge on any atom is 0.311 e. The number of hydrogen-bond donors (Lipinski definition) is 1. The van der Waals surface area contributed by atoms with Gasteiger partial charge in [0.15, 0.2) is 0 Å². The number of carbonyl (C=O) groups is 1. The third kappa shape index (κ3) is 2.27. The zero-order valence-corrected chi connectivity index (χ0v) is 14.7. The summed E-state index contributed by atoms with van der Waals surface area (Å²) in [5.41, 5.74) is 0.00211. The average molecular weight is 394 g/mol. The van der Waals surface area contributed by atoms with Crippen LogP contribution in [0.3, 0.4) is 0 Å². The molecule has 0 amide bonds. The largest absolute Gasteiger partial charge is 0.481 e. The van der Waals surface area contributed by atoms with Gasteiger partial charge in [0, 0.05) is 13.1 Å². The Morgan fingerprint density at radius 3 is 2.81 bits per heavy atom. The second kappa shape index (κ2) is 5.04. The van der Waals surface area contributed by atoms with Crippen molar-refractivity contribution in [3.8, 4) is 0 Å². The summed E-state index contributed by atoms with van der Waals surface area (Å²) in [4.78, 5) is 11.6. The molecule has 0 unspecified atom stereocenters. The fourth-order valence-corrected chi connectivity index (χ4v) is 7.40. The van der Waals surface area contributed by atoms with Gasteiger partial charge in [-0.05, 0) is 53.2 Å². The minimum atomic E-state index is -3.60. The van der Waals surface area contributed by atoms with Gasteiger partial charge >= 0.3 is 5.97 Å². The lowest BCUT2D eigenvalue weighted by Gasteiger charge is -2.23. The number of rotatable bonds is 3. The zero-order chi connectivity index (χ0) is 15.4. The van der Waals surface area contributed by atoms with Crippen LogP contribution in [0.25, 0.3) is 0 Å². The van der Waals surface area contributed by atoms with Crippen LogP contribution in [0.5, 0.6) is 0 Å². The van der Waals surface area contributed by atoms with E-state index in [1.165, 1.54) is 15.6 Å². The van der Waals surface area contributed by atoms with Crippen LogP contribution < -0.4 is 0 Å². The summed E-state index contributed by atoms with van der Waals surface area (Å²) in [5.74, 6) is -0.916. The normalized spacial score (nSPS) is 29.7. The summed E-state index contributed by atoms with van der Waals surface area (Å²) in [7, 11) is -3.60. The third-order valence-corrected chi connectivity index (χ3v) is 9.09. The molecule has 2 atom stereocenters. The minimum absolute atomic E-state index is 0.0609. The number of carboxylic acids is 1. The molecule has 1 saturated heterocycles. The Hall–Kier alpha value is -0.440. The van der Waals surface area contributed by atoms with Gasteiger partial charge in [-0.1, -0.05) is 6.42 Å². The number of aliphatic carboxylic acids is 1. The van der Waals surface area contributed by atoms with Gasteiger partial charge < -0.3 is 5.11 Å². The second-order valence-corrected chi connectivity index (χ2v) is 10.4. The molecule has 1 aliphatic carbocycles. The van der Waals surface area contributed by atoms with Gasteiger partial charge in [-0.15, -0.1) is 11.3 Å². The van der Waals surface area contributed by atoms with E-state index in [-0.39, 0.29) is 16.7 Å². The number of fused-ring (bicyclic) bond motifs is 1. The quantitative estimate of drug-likeness (QED) is 0.856. The summed E-state index contributed by atoms with van der Waals surface area (Å²) < 4.78 is 27.9. The number of nitrogens with zero attached hydrogens (tertiary/aromatic N) is 1. The standard InChI is InChI=1S/C13H16BrNO4S2/c1-8-5-10(20-11(8)14)21(18,19)15-6-9-3-2-4-13(9,7-15)12(16)17/h5,9H,2-4,6-7H2,1H3,(H,16,17)/t9-,13+/m0/s1. The fourth-order valence-electron chi connectivity index (χ4n) is 3.46. The molecule has 21 heavy (non-hydrogen) atoms. The molecule has 0 radical (unpaired) electrons. The summed E-state index contributed by atoms with van der Waals surface area (Å²) in [6, 6.07) is 1.64. The van der Waals surface area contributed by atoms with Gasteiger partial charge in [0.05, 0.1) is 9.20 Å². The lowest BCUT2D eigenvalue weighted by Crippen LogP contribution is -2.37. The van der Waals surface area contributed by atoms with E-state index in [2.05, 4.69) is 15.9 Å². The summed E-state index contributed by atoms with van der Waals surface area (Å²) >= 11 is 4.52. The molecule has 2 aliphatic rings. The van der Waals surface area contributed by atoms with Crippen molar-refractivity contribution in [1.82, 2.24) is 4.31 Å². The van der Waals surface area contributed by atoms with Crippen molar-refractivity contribution >= 4 is 43.3 Å². The van der Waals surface area contributed by atoms with Crippen molar-refractivity contribution in [2.45, 2.75) is 30.4 Å². The number of aryl methyl sites for hydroxylation is 1. The molecule has 0 bridgehead atoms. The smallest absolute Gasteiger partial charge is 0.311 e. The maximum absolute atomic E-state index is 12.7. The highest BCUT2D eigenvalue weighted by atomic mass is 79.9. The van der Waals surface area contributed by atoms with Crippen molar-refractivity contribution in [1.29, 1.82) is 0 Å². The first-order valence-electron chi connectivity index (χ1n) is 6.77. The average Bonchev–Trinajstić information content (AvgIpc) is 3.02. The maximum atomic E-state index is 12.7. The predicted octanol–water partition coefficient (Wildman–Crippen LogP) is 2.69. The molecule has 1 aliphatic heterocycles. The summed E-state index contributed by atoms with van der Waals surface area (Å²) in [6.45, 7) is 2.27. The van der Waals surface area contributed by atoms with Crippen LogP contribution in [-0.2, 0) is 14.8 Å². The fraction of sp³-hybridized carbons (Fsp3) is 0.615. The zero-order valence-electron chi connectivity index (χ0n) is 11.5. The number of carboxylic acid groups (broad SMARTS) is 1. The highest BCUT2D eigenvalue weighted by Gasteiger charge is 2.57. The van der Waals surface area contributed by atoms with Crippen LogP contribution in [0.4, 0.5) is 0 Å². The van der Waals surface area contributed by atoms with Crippen LogP contribution in [-0.4, -0.2) is 36.9 Å². The molecule has 116 valence electrons. The van der Waals surface area contributed by atoms with E-state index in [4.69, 9.17) is 0 Å². The molecule has 1 aromatic heterocycles. The van der Waals surface area contributed by atoms with Crippen molar-refractivity contribution < 1.29 is 18.3 Å². The van der Waals surface area contributed by atoms with Gasteiger partial charge in [-0.2, -0.15) is 4.31 Å². The Morgan fingerprint density at radius 1 is 1.57 bits per heavy atom. The molecule has 0 spiro atoms. The lowest BCUT2D eigenvalue weighted by molar-refractivity contribution is -0.149. The monoisotopic (exact) mass is 393 g/mol. The van der Waals surface area contributed by atoms with Crippen LogP contribution in [0.15, 0.2) is 14.1 Å². The number of sulfonamides is 1. The molecule has 0 aromatic carbocycles. The first-order chi connectivity index (χ1) is 9.77. The van der Waals surface area contributed by atoms with Crippen LogP contribution in [0.1, 0.15) is 24.8 Å². The SMILES string of the molecule is Cc1cc(S(=O)(=O)N2C[C@@H]3CCC[C@@]3(C(=O)O)C2)sc1Br. The van der Waals surface area contributed by atoms with Gasteiger partial charge in [0.25, 0.3) is 10.0 Å². The molecule has 2 heterocycles. The van der Waals surface area contributed by atoms with Crippen LogP contribution in [0, 0.1) is 18.3 Å². The molecule has 3 rings (SSSR count). The Bertz CT molecular complexity index is 680. The van der Waals surface area contributed by atoms with E-state index >= 15 is 0 Å². The van der Waals surface area contributed by atoms with E-state index in [0.29, 0.717) is 13.0 Å². The Labute approximate surface area is 136 Å². The lowest BCUT2D eigenvalue weighted by atomic mass is 9.81. The van der Waals surface area contributed by atoms with Crippen LogP contribution in [0.2, 0.25) is 0 Å². The molecular weight excluding hydrogens is 378 g/mol. The second-order valence-electron chi connectivity index (χ2n) is 5.87. The topological polar surface area (TPSA) is 74.7 Å².